The van der Waals surface area contributed by atoms with Crippen molar-refractivity contribution in [3.05, 3.63) is 24.2 Å². The standard InChI is InChI=1S/C15H20N6O2/c1-3-16-15(22)21-8-6-20(7-9-21)13-5-4-12(10-17-13)14-18-11(2)23-19-14/h4-5,10H,3,6-9H2,1-2H3,(H,16,22). The molecule has 8 nitrogen and oxygen atoms in total. The molecule has 0 saturated carbocycles. The summed E-state index contributed by atoms with van der Waals surface area (Å²) in [5.74, 6) is 1.97. The van der Waals surface area contributed by atoms with Gasteiger partial charge in [0, 0.05) is 51.4 Å². The van der Waals surface area contributed by atoms with Gasteiger partial charge in [-0.15, -0.1) is 0 Å². The van der Waals surface area contributed by atoms with Crippen molar-refractivity contribution < 1.29 is 9.32 Å². The highest BCUT2D eigenvalue weighted by Crippen LogP contribution is 2.19. The van der Waals surface area contributed by atoms with Gasteiger partial charge in [-0.1, -0.05) is 5.16 Å². The second kappa shape index (κ2) is 6.64. The van der Waals surface area contributed by atoms with E-state index < -0.39 is 0 Å². The van der Waals surface area contributed by atoms with E-state index in [1.165, 1.54) is 0 Å². The lowest BCUT2D eigenvalue weighted by Gasteiger charge is -2.35. The number of rotatable bonds is 3. The Bertz CT molecular complexity index is 661. The second-order valence-corrected chi connectivity index (χ2v) is 5.35. The van der Waals surface area contributed by atoms with Crippen LogP contribution in [0.2, 0.25) is 0 Å². The molecule has 122 valence electrons. The van der Waals surface area contributed by atoms with E-state index in [1.807, 2.05) is 24.0 Å². The summed E-state index contributed by atoms with van der Waals surface area (Å²) < 4.78 is 4.98. The van der Waals surface area contributed by atoms with E-state index in [-0.39, 0.29) is 6.03 Å². The molecule has 1 saturated heterocycles. The predicted molar refractivity (Wildman–Crippen MR) is 85.1 cm³/mol. The van der Waals surface area contributed by atoms with Crippen molar-refractivity contribution in [3.8, 4) is 11.4 Å². The Morgan fingerprint density at radius 3 is 2.65 bits per heavy atom. The quantitative estimate of drug-likeness (QED) is 0.918. The minimum absolute atomic E-state index is 0.00272. The Morgan fingerprint density at radius 1 is 1.30 bits per heavy atom. The number of carbonyl (C=O) groups excluding carboxylic acids is 1. The predicted octanol–water partition coefficient (Wildman–Crippen LogP) is 1.29. The number of nitrogens with one attached hydrogen (secondary N) is 1. The highest BCUT2D eigenvalue weighted by Gasteiger charge is 2.21. The van der Waals surface area contributed by atoms with Gasteiger partial charge in [0.15, 0.2) is 0 Å². The first-order chi connectivity index (χ1) is 11.2. The number of amides is 2. The monoisotopic (exact) mass is 316 g/mol. The number of nitrogens with zero attached hydrogens (tertiary/aromatic N) is 5. The molecule has 1 fully saturated rings. The van der Waals surface area contributed by atoms with E-state index in [0.29, 0.717) is 31.3 Å². The molecule has 23 heavy (non-hydrogen) atoms. The molecule has 1 aliphatic heterocycles. The Balaban J connectivity index is 1.62. The number of anilines is 1. The van der Waals surface area contributed by atoms with Crippen molar-refractivity contribution in [2.24, 2.45) is 0 Å². The topological polar surface area (TPSA) is 87.4 Å². The Morgan fingerprint density at radius 2 is 2.09 bits per heavy atom. The first-order valence-corrected chi connectivity index (χ1v) is 7.72. The number of hydrogen-bond donors (Lipinski definition) is 1. The third kappa shape index (κ3) is 3.41. The van der Waals surface area contributed by atoms with Gasteiger partial charge in [-0.25, -0.2) is 9.78 Å². The summed E-state index contributed by atoms with van der Waals surface area (Å²) >= 11 is 0. The second-order valence-electron chi connectivity index (χ2n) is 5.35. The molecular weight excluding hydrogens is 296 g/mol. The molecule has 0 radical (unpaired) electrons. The van der Waals surface area contributed by atoms with Gasteiger partial charge in [-0.2, -0.15) is 4.98 Å². The van der Waals surface area contributed by atoms with Crippen LogP contribution in [0.5, 0.6) is 0 Å². The largest absolute Gasteiger partial charge is 0.353 e. The lowest BCUT2D eigenvalue weighted by atomic mass is 10.2. The van der Waals surface area contributed by atoms with Gasteiger partial charge in [0.05, 0.1) is 0 Å². The van der Waals surface area contributed by atoms with Crippen LogP contribution in [0, 0.1) is 6.92 Å². The van der Waals surface area contributed by atoms with Gasteiger partial charge < -0.3 is 19.6 Å². The summed E-state index contributed by atoms with van der Waals surface area (Å²) in [6.07, 6.45) is 1.75. The van der Waals surface area contributed by atoms with E-state index in [1.54, 1.807) is 13.1 Å². The molecule has 0 unspecified atom stereocenters. The number of carbonyl (C=O) groups is 1. The smallest absolute Gasteiger partial charge is 0.317 e. The molecule has 1 N–H and O–H groups in total. The number of aromatic nitrogens is 3. The minimum Gasteiger partial charge on any atom is -0.353 e. The zero-order chi connectivity index (χ0) is 16.2. The number of hydrogen-bond acceptors (Lipinski definition) is 6. The van der Waals surface area contributed by atoms with E-state index in [4.69, 9.17) is 4.52 Å². The maximum absolute atomic E-state index is 11.8. The van der Waals surface area contributed by atoms with Crippen LogP contribution >= 0.6 is 0 Å². The normalized spacial score (nSPS) is 14.9. The SMILES string of the molecule is CCNC(=O)N1CCN(c2ccc(-c3noc(C)n3)cn2)CC1. The highest BCUT2D eigenvalue weighted by molar-refractivity contribution is 5.74. The molecule has 0 aliphatic carbocycles. The van der Waals surface area contributed by atoms with Crippen LogP contribution in [0.25, 0.3) is 11.4 Å². The fourth-order valence-electron chi connectivity index (χ4n) is 2.52. The molecule has 0 aromatic carbocycles. The number of pyridine rings is 1. The third-order valence-electron chi connectivity index (χ3n) is 3.75. The van der Waals surface area contributed by atoms with Crippen LogP contribution in [0.1, 0.15) is 12.8 Å². The maximum atomic E-state index is 11.8. The molecule has 1 aliphatic rings. The zero-order valence-electron chi connectivity index (χ0n) is 13.3. The molecule has 3 rings (SSSR count). The van der Waals surface area contributed by atoms with Crippen molar-refractivity contribution in [2.45, 2.75) is 13.8 Å². The van der Waals surface area contributed by atoms with Gasteiger partial charge in [0.2, 0.25) is 11.7 Å². The molecule has 8 heteroatoms. The van der Waals surface area contributed by atoms with Crippen molar-refractivity contribution in [3.63, 3.8) is 0 Å². The Hall–Kier alpha value is -2.64. The van der Waals surface area contributed by atoms with Crippen LogP contribution in [0.3, 0.4) is 0 Å². The first kappa shape index (κ1) is 15.3. The van der Waals surface area contributed by atoms with Crippen molar-refractivity contribution >= 4 is 11.8 Å². The average molecular weight is 316 g/mol. The lowest BCUT2D eigenvalue weighted by molar-refractivity contribution is 0.195. The molecule has 0 spiro atoms. The molecule has 0 atom stereocenters. The van der Waals surface area contributed by atoms with Gasteiger partial charge in [0.25, 0.3) is 0 Å². The van der Waals surface area contributed by atoms with Gasteiger partial charge in [-0.3, -0.25) is 0 Å². The average Bonchev–Trinajstić information content (AvgIpc) is 3.02. The van der Waals surface area contributed by atoms with Crippen LogP contribution in [-0.4, -0.2) is 58.8 Å². The minimum atomic E-state index is 0.00272. The number of piperazine rings is 1. The fourth-order valence-corrected chi connectivity index (χ4v) is 2.52. The van der Waals surface area contributed by atoms with E-state index >= 15 is 0 Å². The fraction of sp³-hybridized carbons (Fsp3) is 0.467. The van der Waals surface area contributed by atoms with Crippen LogP contribution in [-0.2, 0) is 0 Å². The van der Waals surface area contributed by atoms with Crippen LogP contribution < -0.4 is 10.2 Å². The van der Waals surface area contributed by atoms with E-state index in [2.05, 4.69) is 25.3 Å². The van der Waals surface area contributed by atoms with E-state index in [9.17, 15) is 4.79 Å². The van der Waals surface area contributed by atoms with Gasteiger partial charge >= 0.3 is 6.03 Å². The maximum Gasteiger partial charge on any atom is 0.317 e. The summed E-state index contributed by atoms with van der Waals surface area (Å²) in [4.78, 5) is 24.5. The molecular formula is C15H20N6O2. The molecule has 2 aromatic rings. The highest BCUT2D eigenvalue weighted by atomic mass is 16.5. The molecule has 0 bridgehead atoms. The third-order valence-corrected chi connectivity index (χ3v) is 3.75. The molecule has 2 aromatic heterocycles. The van der Waals surface area contributed by atoms with E-state index in [0.717, 1.165) is 24.5 Å². The zero-order valence-corrected chi connectivity index (χ0v) is 13.3. The molecule has 2 amide bonds. The lowest BCUT2D eigenvalue weighted by Crippen LogP contribution is -2.52. The summed E-state index contributed by atoms with van der Waals surface area (Å²) in [6, 6.07) is 3.88. The van der Waals surface area contributed by atoms with Crippen molar-refractivity contribution in [2.75, 3.05) is 37.6 Å². The Kier molecular flexibility index (Phi) is 4.40. The van der Waals surface area contributed by atoms with Crippen molar-refractivity contribution in [1.82, 2.24) is 25.3 Å². The number of aryl methyl sites for hydroxylation is 1. The first-order valence-electron chi connectivity index (χ1n) is 7.72. The van der Waals surface area contributed by atoms with Gasteiger partial charge in [-0.05, 0) is 19.1 Å². The van der Waals surface area contributed by atoms with Gasteiger partial charge in [0.1, 0.15) is 5.82 Å². The molecule has 3 heterocycles. The summed E-state index contributed by atoms with van der Waals surface area (Å²) in [7, 11) is 0. The summed E-state index contributed by atoms with van der Waals surface area (Å²) in [6.45, 7) is 7.25. The van der Waals surface area contributed by atoms with Crippen LogP contribution in [0.15, 0.2) is 22.9 Å². The summed E-state index contributed by atoms with van der Waals surface area (Å²) in [5, 5.41) is 6.71. The van der Waals surface area contributed by atoms with Crippen molar-refractivity contribution in [1.29, 1.82) is 0 Å². The summed E-state index contributed by atoms with van der Waals surface area (Å²) in [5.41, 5.74) is 0.826. The Labute approximate surface area is 134 Å². The van der Waals surface area contributed by atoms with Crippen LogP contribution in [0.4, 0.5) is 10.6 Å². The number of urea groups is 1.